The van der Waals surface area contributed by atoms with E-state index in [9.17, 15) is 94.3 Å². The van der Waals surface area contributed by atoms with E-state index in [1.54, 1.807) is 6.92 Å². The lowest BCUT2D eigenvalue weighted by atomic mass is 9.94. The van der Waals surface area contributed by atoms with Gasteiger partial charge < -0.3 is 110 Å². The second-order valence-corrected chi connectivity index (χ2v) is 34.3. The summed E-state index contributed by atoms with van der Waals surface area (Å²) in [6.45, 7) is 25.3. The smallest absolute Gasteiger partial charge is 0.479 e. The molecule has 22 atom stereocenters. The van der Waals surface area contributed by atoms with Crippen molar-refractivity contribution in [1.82, 2.24) is 10.6 Å². The minimum Gasteiger partial charge on any atom is -0.479 e. The van der Waals surface area contributed by atoms with Crippen LogP contribution in [0.3, 0.4) is 0 Å². The Hall–Kier alpha value is -5.36. The zero-order valence-corrected chi connectivity index (χ0v) is 71.7. The van der Waals surface area contributed by atoms with E-state index in [4.69, 9.17) is 42.2 Å². The zero-order valence-electron chi connectivity index (χ0n) is 69.9. The molecule has 0 aromatic heterocycles. The molecule has 31 nitrogen and oxygen atoms in total. The highest BCUT2D eigenvalue weighted by molar-refractivity contribution is 7.61. The van der Waals surface area contributed by atoms with Crippen LogP contribution in [0.15, 0.2) is 128 Å². The molecular weight excluding hydrogens is 1550 g/mol. The van der Waals surface area contributed by atoms with Gasteiger partial charge in [-0.1, -0.05) is 128 Å². The highest BCUT2D eigenvalue weighted by Crippen LogP contribution is 2.61. The van der Waals surface area contributed by atoms with Crippen molar-refractivity contribution in [2.75, 3.05) is 19.8 Å². The van der Waals surface area contributed by atoms with Gasteiger partial charge in [0.15, 0.2) is 37.4 Å². The van der Waals surface area contributed by atoms with Crippen molar-refractivity contribution in [3.05, 3.63) is 128 Å². The van der Waals surface area contributed by atoms with E-state index in [0.29, 0.717) is 12.8 Å². The fourth-order valence-electron chi connectivity index (χ4n) is 13.4. The van der Waals surface area contributed by atoms with Crippen molar-refractivity contribution < 1.29 is 141 Å². The number of carboxylic acids is 2. The molecule has 15 N–H and O–H groups in total. The molecule has 0 spiro atoms. The molecule has 0 aliphatic carbocycles. The number of nitrogens with one attached hydrogen (secondary N) is 2. The van der Waals surface area contributed by atoms with Crippen LogP contribution in [0.5, 0.6) is 0 Å². The lowest BCUT2D eigenvalue weighted by molar-refractivity contribution is -0.366. The molecule has 4 heterocycles. The summed E-state index contributed by atoms with van der Waals surface area (Å²) in [6.07, 6.45) is 5.86. The Morgan fingerprint density at radius 2 is 0.707 bits per heavy atom. The molecule has 660 valence electrons. The van der Waals surface area contributed by atoms with Crippen LogP contribution in [0.25, 0.3) is 0 Å². The maximum absolute atomic E-state index is 13.5. The van der Waals surface area contributed by atoms with Gasteiger partial charge in [-0.15, -0.1) is 0 Å². The normalized spacial score (nSPS) is 30.4. The lowest BCUT2D eigenvalue weighted by Gasteiger charge is -2.48. The second-order valence-electron chi connectivity index (χ2n) is 31.3. The molecule has 4 saturated heterocycles. The highest BCUT2D eigenvalue weighted by Gasteiger charge is 2.57. The first-order chi connectivity index (χ1) is 54.5. The molecule has 2 unspecified atom stereocenters. The fourth-order valence-corrected chi connectivity index (χ4v) is 15.5. The Kier molecular flexibility index (Phi) is 46.2. The average molecular weight is 1690 g/mol. The number of amides is 2. The molecule has 0 bridgehead atoms. The Bertz CT molecular complexity index is 3580. The van der Waals surface area contributed by atoms with Gasteiger partial charge in [0.1, 0.15) is 85.3 Å². The fraction of sp³-hybridized carbons (Fsp3) is 0.687. The summed E-state index contributed by atoms with van der Waals surface area (Å²) in [5, 5.41) is 122. The van der Waals surface area contributed by atoms with E-state index in [1.165, 1.54) is 61.8 Å². The third kappa shape index (κ3) is 37.3. The minimum absolute atomic E-state index is 0.533. The SMILES string of the molecule is CC(=O)N[C@H]1[C@@H](OP(=O)(O)OP(=O)(O)OC/C=C(/C)CC/C=C(/C)CC/C=C(/C)CC/C=C(/C)CC/C=C(/C)CC/C=C(/C)CC/C=C(/C)CC/C=C(/C)CC/C=C(\C)CC/C=C(\C)CCC=C(C)C)O[C@H](CO[C@H]2O[C@H](CO)[C@H](O)[C@H](O[C@@H]3O[C@H](C(=O)O)[C@@H](O[C@@H]4O[C@H](C(=O)O)[C@@H](O)[C@H](O)[C@H]4O)[C@H](O)[C@H]3O)[C@H]2NC(C)=O)[C@H](O)[C@@H]1O. The van der Waals surface area contributed by atoms with Crippen LogP contribution < -0.4 is 10.6 Å². The molecule has 0 aromatic carbocycles. The van der Waals surface area contributed by atoms with Gasteiger partial charge in [0, 0.05) is 13.8 Å². The highest BCUT2D eigenvalue weighted by atomic mass is 31.3. The van der Waals surface area contributed by atoms with Crippen molar-refractivity contribution in [1.29, 1.82) is 0 Å². The van der Waals surface area contributed by atoms with Crippen LogP contribution >= 0.6 is 15.6 Å². The number of phosphoric ester groups is 2. The van der Waals surface area contributed by atoms with Crippen LogP contribution in [0, 0.1) is 0 Å². The molecule has 0 radical (unpaired) electrons. The van der Waals surface area contributed by atoms with Gasteiger partial charge in [-0.05, 0) is 212 Å². The van der Waals surface area contributed by atoms with Crippen molar-refractivity contribution in [3.8, 4) is 0 Å². The minimum atomic E-state index is -5.83. The number of hydrogen-bond acceptors (Lipinski definition) is 25. The van der Waals surface area contributed by atoms with E-state index in [0.717, 1.165) is 135 Å². The van der Waals surface area contributed by atoms with E-state index >= 15 is 0 Å². The predicted molar refractivity (Wildman–Crippen MR) is 433 cm³/mol. The summed E-state index contributed by atoms with van der Waals surface area (Å²) in [7, 11) is -11.3. The number of carbonyl (C=O) groups excluding carboxylic acids is 2. The van der Waals surface area contributed by atoms with E-state index in [-0.39, 0.29) is 0 Å². The molecule has 116 heavy (non-hydrogen) atoms. The van der Waals surface area contributed by atoms with Crippen molar-refractivity contribution >= 4 is 39.4 Å². The molecular formula is C83H134N2O29P2. The van der Waals surface area contributed by atoms with Gasteiger partial charge >= 0.3 is 27.6 Å². The summed E-state index contributed by atoms with van der Waals surface area (Å²) >= 11 is 0. The van der Waals surface area contributed by atoms with Crippen molar-refractivity contribution in [3.63, 3.8) is 0 Å². The van der Waals surface area contributed by atoms with Gasteiger partial charge in [-0.25, -0.2) is 18.7 Å². The van der Waals surface area contributed by atoms with Gasteiger partial charge in [0.05, 0.1) is 19.8 Å². The maximum atomic E-state index is 13.5. The number of allylic oxidation sites excluding steroid dienone is 21. The third-order valence-corrected chi connectivity index (χ3v) is 23.0. The number of rotatable bonds is 49. The number of phosphoric acid groups is 2. The third-order valence-electron chi connectivity index (χ3n) is 20.4. The summed E-state index contributed by atoms with van der Waals surface area (Å²) in [6, 6.07) is -3.72. The molecule has 33 heteroatoms. The molecule has 4 aliphatic rings. The van der Waals surface area contributed by atoms with E-state index in [2.05, 4.69) is 145 Å². The topological polar surface area (TPSA) is 482 Å². The summed E-state index contributed by atoms with van der Waals surface area (Å²) in [5.41, 5.74) is 14.8. The van der Waals surface area contributed by atoms with Crippen molar-refractivity contribution in [2.24, 2.45) is 0 Å². The zero-order chi connectivity index (χ0) is 86.7. The van der Waals surface area contributed by atoms with Crippen LogP contribution in [-0.2, 0) is 74.8 Å². The summed E-state index contributed by atoms with van der Waals surface area (Å²) in [5.74, 6) is -5.60. The Morgan fingerprint density at radius 1 is 0.362 bits per heavy atom. The molecule has 4 rings (SSSR count). The van der Waals surface area contributed by atoms with Crippen LogP contribution in [0.2, 0.25) is 0 Å². The van der Waals surface area contributed by atoms with Gasteiger partial charge in [0.2, 0.25) is 11.8 Å². The monoisotopic (exact) mass is 1680 g/mol. The van der Waals surface area contributed by atoms with E-state index < -0.39 is 182 Å². The first-order valence-corrected chi connectivity index (χ1v) is 43.0. The average Bonchev–Trinajstić information content (AvgIpc) is 0.773. The number of aliphatic carboxylic acids is 2. The maximum Gasteiger partial charge on any atom is 0.483 e. The second kappa shape index (κ2) is 52.1. The summed E-state index contributed by atoms with van der Waals surface area (Å²) < 4.78 is 80.0. The Balaban J connectivity index is 1.20. The number of aliphatic hydroxyl groups is 9. The first kappa shape index (κ1) is 103. The van der Waals surface area contributed by atoms with Crippen LogP contribution in [0.4, 0.5) is 0 Å². The van der Waals surface area contributed by atoms with Crippen molar-refractivity contribution in [2.45, 2.75) is 348 Å². The number of ether oxygens (including phenoxy) is 7. The molecule has 0 aromatic rings. The standard InChI is InChI=1S/C83H134N2O29P2/c1-49(2)25-15-26-50(3)27-16-28-51(4)29-17-30-52(5)31-18-32-53(6)33-19-34-54(7)35-20-36-55(8)37-21-38-56(9)39-22-40-57(10)41-23-42-58(11)43-24-44-59(12)45-46-106-115(101,102)114-116(103,104)113-81-64(84-60(13)87)68(91)66(89)63(108-81)48-105-80-65(85-61(14)88)74(67(90)62(47-86)107-80)109-83-73(96)71(94)75(77(112-83)79(99)100)110-82-72(95)69(92)70(93)76(111-82)78(97)98/h25,27,29,31,33,35,37,39,41,43,45,62-77,80-83,86,89-96H,15-24,26,28,30,32,34,36,38,40,42,44,46-48H2,1-14H3,(H,84,87)(H,85,88)(H,97,98)(H,99,100)(H,101,102)(H,103,104)/b50-27+,51-29+,52-31-,53-33-,54-35-,55-37-,56-39-,57-41-,58-43-,59-45-/t62-,63-,64-,65-,66+,67+,68-,69+,70+,71-,72-,73-,74-,75+,76+,77+,80+,81-,82-,83-/m1/s1. The largest absolute Gasteiger partial charge is 0.483 e. The van der Waals surface area contributed by atoms with E-state index in [1.807, 2.05) is 6.92 Å². The molecule has 2 amide bonds. The Morgan fingerprint density at radius 3 is 1.08 bits per heavy atom. The van der Waals surface area contributed by atoms with Crippen LogP contribution in [0.1, 0.15) is 225 Å². The first-order valence-electron chi connectivity index (χ1n) is 40.0. The summed E-state index contributed by atoms with van der Waals surface area (Å²) in [4.78, 5) is 70.7. The lowest BCUT2D eigenvalue weighted by Crippen LogP contribution is -2.69. The Labute approximate surface area is 683 Å². The molecule has 0 saturated carbocycles. The number of carbonyl (C=O) groups is 4. The molecule has 4 aliphatic heterocycles. The molecule has 4 fully saturated rings. The quantitative estimate of drug-likeness (QED) is 0.0199. The number of hydrogen-bond donors (Lipinski definition) is 15. The van der Waals surface area contributed by atoms with Gasteiger partial charge in [-0.2, -0.15) is 4.31 Å². The number of aliphatic hydroxyl groups excluding tert-OH is 9. The van der Waals surface area contributed by atoms with Gasteiger partial charge in [-0.3, -0.25) is 18.6 Å². The predicted octanol–water partition coefficient (Wildman–Crippen LogP) is 10.2. The number of carboxylic acid groups (broad SMARTS) is 2. The van der Waals surface area contributed by atoms with Crippen LogP contribution in [-0.4, -0.2) is 232 Å². The van der Waals surface area contributed by atoms with Gasteiger partial charge in [0.25, 0.3) is 0 Å².